The zero-order valence-electron chi connectivity index (χ0n) is 14.1. The number of halogens is 2. The lowest BCUT2D eigenvalue weighted by atomic mass is 10.2. The molecule has 5 nitrogen and oxygen atoms in total. The SMILES string of the molecule is Cc1ncsc1-c1ccc(CNC(=O)OC(C)(C)C)cn1.FCF. The van der Waals surface area contributed by atoms with Gasteiger partial charge in [-0.3, -0.25) is 4.98 Å². The maximum atomic E-state index is 11.6. The van der Waals surface area contributed by atoms with Crippen molar-refractivity contribution in [1.29, 1.82) is 0 Å². The summed E-state index contributed by atoms with van der Waals surface area (Å²) in [6, 6.07) is 3.88. The van der Waals surface area contributed by atoms with Crippen LogP contribution in [0.4, 0.5) is 13.6 Å². The first-order chi connectivity index (χ1) is 11.3. The van der Waals surface area contributed by atoms with Crippen LogP contribution in [0.25, 0.3) is 10.6 Å². The standard InChI is InChI=1S/C15H19N3O2S.CH2F2/c1-10-13(21-9-18-10)12-6-5-11(7-16-12)8-17-14(19)20-15(2,3)4;2-1-3/h5-7,9H,8H2,1-4H3,(H,17,19);1H2. The van der Waals surface area contributed by atoms with Crippen LogP contribution in [-0.4, -0.2) is 28.6 Å². The minimum absolute atomic E-state index is 0.393. The second-order valence-electron chi connectivity index (χ2n) is 5.78. The summed E-state index contributed by atoms with van der Waals surface area (Å²) in [6.07, 6.45) is 1.33. The first-order valence-corrected chi connectivity index (χ1v) is 8.09. The zero-order valence-corrected chi connectivity index (χ0v) is 14.9. The fourth-order valence-electron chi connectivity index (χ4n) is 1.70. The van der Waals surface area contributed by atoms with Crippen molar-refractivity contribution in [2.75, 3.05) is 6.93 Å². The molecule has 0 aliphatic heterocycles. The van der Waals surface area contributed by atoms with Crippen molar-refractivity contribution in [2.45, 2.75) is 39.8 Å². The van der Waals surface area contributed by atoms with Gasteiger partial charge in [-0.1, -0.05) is 6.07 Å². The van der Waals surface area contributed by atoms with Gasteiger partial charge in [-0.2, -0.15) is 0 Å². The number of carbonyl (C=O) groups is 1. The molecule has 2 aromatic rings. The second kappa shape index (κ2) is 9.27. The van der Waals surface area contributed by atoms with E-state index in [-0.39, 0.29) is 0 Å². The summed E-state index contributed by atoms with van der Waals surface area (Å²) in [4.78, 5) is 21.3. The number of alkyl halides is 2. The van der Waals surface area contributed by atoms with Gasteiger partial charge < -0.3 is 10.1 Å². The first kappa shape index (κ1) is 20.0. The summed E-state index contributed by atoms with van der Waals surface area (Å²) in [5, 5.41) is 2.71. The summed E-state index contributed by atoms with van der Waals surface area (Å²) < 4.78 is 24.4. The van der Waals surface area contributed by atoms with E-state index in [9.17, 15) is 13.6 Å². The molecule has 0 aliphatic rings. The van der Waals surface area contributed by atoms with E-state index in [0.717, 1.165) is 21.8 Å². The van der Waals surface area contributed by atoms with E-state index >= 15 is 0 Å². The maximum Gasteiger partial charge on any atom is 0.407 e. The number of thiazole rings is 1. The second-order valence-corrected chi connectivity index (χ2v) is 6.63. The van der Waals surface area contributed by atoms with Gasteiger partial charge in [-0.25, -0.2) is 18.6 Å². The number of alkyl carbamates (subject to hydrolysis) is 1. The molecule has 0 radical (unpaired) electrons. The predicted molar refractivity (Wildman–Crippen MR) is 90.2 cm³/mol. The van der Waals surface area contributed by atoms with Gasteiger partial charge in [0.25, 0.3) is 0 Å². The molecular weight excluding hydrogens is 336 g/mol. The molecule has 0 fully saturated rings. The van der Waals surface area contributed by atoms with Crippen LogP contribution in [0.3, 0.4) is 0 Å². The molecule has 132 valence electrons. The number of aryl methyl sites for hydroxylation is 1. The van der Waals surface area contributed by atoms with Crippen LogP contribution in [0.2, 0.25) is 0 Å². The van der Waals surface area contributed by atoms with E-state index in [1.54, 1.807) is 17.5 Å². The smallest absolute Gasteiger partial charge is 0.407 e. The van der Waals surface area contributed by atoms with Crippen molar-refractivity contribution < 1.29 is 18.3 Å². The Morgan fingerprint density at radius 2 is 1.96 bits per heavy atom. The average molecular weight is 357 g/mol. The lowest BCUT2D eigenvalue weighted by molar-refractivity contribution is 0.0523. The van der Waals surface area contributed by atoms with Gasteiger partial charge in [0.2, 0.25) is 6.93 Å². The fraction of sp³-hybridized carbons (Fsp3) is 0.438. The summed E-state index contributed by atoms with van der Waals surface area (Å²) >= 11 is 1.57. The number of aromatic nitrogens is 2. The Labute approximate surface area is 144 Å². The van der Waals surface area contributed by atoms with Gasteiger partial charge in [0.15, 0.2) is 0 Å². The number of ether oxygens (including phenoxy) is 1. The molecule has 0 aliphatic carbocycles. The molecule has 0 aromatic carbocycles. The number of nitrogens with zero attached hydrogens (tertiary/aromatic N) is 2. The molecule has 8 heteroatoms. The molecule has 0 saturated heterocycles. The van der Waals surface area contributed by atoms with Crippen molar-refractivity contribution in [2.24, 2.45) is 0 Å². The number of amides is 1. The van der Waals surface area contributed by atoms with Gasteiger partial charge in [0.05, 0.1) is 21.8 Å². The summed E-state index contributed by atoms with van der Waals surface area (Å²) in [5.74, 6) is 0. The Morgan fingerprint density at radius 1 is 1.29 bits per heavy atom. The lowest BCUT2D eigenvalue weighted by Gasteiger charge is -2.19. The predicted octanol–water partition coefficient (Wildman–Crippen LogP) is 4.42. The highest BCUT2D eigenvalue weighted by Crippen LogP contribution is 2.25. The molecule has 2 heterocycles. The molecule has 0 spiro atoms. The Kier molecular flexibility index (Phi) is 7.70. The van der Waals surface area contributed by atoms with Crippen molar-refractivity contribution >= 4 is 17.4 Å². The Hall–Kier alpha value is -2.09. The Morgan fingerprint density at radius 3 is 2.42 bits per heavy atom. The average Bonchev–Trinajstić information content (AvgIpc) is 2.91. The van der Waals surface area contributed by atoms with Crippen molar-refractivity contribution in [3.05, 3.63) is 35.1 Å². The van der Waals surface area contributed by atoms with Crippen LogP contribution in [0.5, 0.6) is 0 Å². The number of rotatable bonds is 3. The quantitative estimate of drug-likeness (QED) is 0.883. The summed E-state index contributed by atoms with van der Waals surface area (Å²) in [5.41, 5.74) is 4.12. The van der Waals surface area contributed by atoms with Gasteiger partial charge in [0, 0.05) is 12.7 Å². The van der Waals surface area contributed by atoms with Crippen LogP contribution >= 0.6 is 11.3 Å². The highest BCUT2D eigenvalue weighted by molar-refractivity contribution is 7.13. The monoisotopic (exact) mass is 357 g/mol. The highest BCUT2D eigenvalue weighted by Gasteiger charge is 2.15. The van der Waals surface area contributed by atoms with Gasteiger partial charge >= 0.3 is 6.09 Å². The molecule has 0 bridgehead atoms. The van der Waals surface area contributed by atoms with Crippen molar-refractivity contribution in [1.82, 2.24) is 15.3 Å². The van der Waals surface area contributed by atoms with Crippen LogP contribution in [0.15, 0.2) is 23.8 Å². The molecule has 2 rings (SSSR count). The maximum absolute atomic E-state index is 11.6. The van der Waals surface area contributed by atoms with Crippen LogP contribution in [-0.2, 0) is 11.3 Å². The zero-order chi connectivity index (χ0) is 18.2. The van der Waals surface area contributed by atoms with Gasteiger partial charge in [0.1, 0.15) is 5.60 Å². The van der Waals surface area contributed by atoms with Gasteiger partial charge in [-0.15, -0.1) is 11.3 Å². The van der Waals surface area contributed by atoms with Gasteiger partial charge in [-0.05, 0) is 39.3 Å². The molecule has 0 saturated carbocycles. The number of hydrogen-bond donors (Lipinski definition) is 1. The van der Waals surface area contributed by atoms with Crippen molar-refractivity contribution in [3.8, 4) is 10.6 Å². The molecule has 24 heavy (non-hydrogen) atoms. The lowest BCUT2D eigenvalue weighted by Crippen LogP contribution is -2.32. The van der Waals surface area contributed by atoms with E-state index in [0.29, 0.717) is 6.54 Å². The van der Waals surface area contributed by atoms with E-state index in [2.05, 4.69) is 15.3 Å². The number of nitrogens with one attached hydrogen (secondary N) is 1. The molecule has 2 aromatic heterocycles. The first-order valence-electron chi connectivity index (χ1n) is 7.21. The fourth-order valence-corrected chi connectivity index (χ4v) is 2.48. The summed E-state index contributed by atoms with van der Waals surface area (Å²) in [7, 11) is 0. The number of pyridine rings is 1. The van der Waals surface area contributed by atoms with E-state index in [1.807, 2.05) is 45.3 Å². The normalized spacial score (nSPS) is 10.6. The van der Waals surface area contributed by atoms with E-state index in [4.69, 9.17) is 4.74 Å². The third kappa shape index (κ3) is 6.99. The highest BCUT2D eigenvalue weighted by atomic mass is 32.1. The van der Waals surface area contributed by atoms with E-state index in [1.165, 1.54) is 0 Å². The third-order valence-corrected chi connectivity index (χ3v) is 3.59. The number of hydrogen-bond acceptors (Lipinski definition) is 5. The third-order valence-electron chi connectivity index (χ3n) is 2.64. The van der Waals surface area contributed by atoms with Crippen LogP contribution in [0, 0.1) is 6.92 Å². The molecule has 1 N–H and O–H groups in total. The minimum atomic E-state index is -1.75. The Bertz CT molecular complexity index is 640. The summed E-state index contributed by atoms with van der Waals surface area (Å²) in [6.45, 7) is 6.11. The molecule has 0 atom stereocenters. The molecule has 1 amide bonds. The topological polar surface area (TPSA) is 64.1 Å². The van der Waals surface area contributed by atoms with Crippen molar-refractivity contribution in [3.63, 3.8) is 0 Å². The largest absolute Gasteiger partial charge is 0.444 e. The minimum Gasteiger partial charge on any atom is -0.444 e. The van der Waals surface area contributed by atoms with E-state index < -0.39 is 18.6 Å². The molecular formula is C16H21F2N3O2S. The number of carbonyl (C=O) groups excluding carboxylic acids is 1. The molecule has 0 unspecified atom stereocenters. The van der Waals surface area contributed by atoms with Crippen LogP contribution < -0.4 is 5.32 Å². The Balaban J connectivity index is 0.000000891. The van der Waals surface area contributed by atoms with Crippen LogP contribution in [0.1, 0.15) is 32.0 Å².